The van der Waals surface area contributed by atoms with Crippen LogP contribution in [-0.2, 0) is 30.8 Å². The minimum absolute atomic E-state index is 0.252. The van der Waals surface area contributed by atoms with E-state index in [2.05, 4.69) is 5.32 Å². The first-order valence-electron chi connectivity index (χ1n) is 10.8. The van der Waals surface area contributed by atoms with E-state index in [1.807, 2.05) is 18.2 Å². The summed E-state index contributed by atoms with van der Waals surface area (Å²) in [4.78, 5) is 24.4. The highest BCUT2D eigenvalue weighted by molar-refractivity contribution is 7.91. The van der Waals surface area contributed by atoms with Crippen molar-refractivity contribution in [3.63, 3.8) is 0 Å². The molecule has 9 nitrogen and oxygen atoms in total. The molecule has 1 aromatic carbocycles. The Balaban J connectivity index is 1.15. The Morgan fingerprint density at radius 2 is 1.88 bits per heavy atom. The van der Waals surface area contributed by atoms with E-state index in [1.165, 1.54) is 15.6 Å². The van der Waals surface area contributed by atoms with Crippen molar-refractivity contribution < 1.29 is 32.2 Å². The second kappa shape index (κ2) is 10.5. The lowest BCUT2D eigenvalue weighted by Gasteiger charge is -2.29. The number of rotatable bonds is 8. The van der Waals surface area contributed by atoms with Gasteiger partial charge in [0.15, 0.2) is 18.1 Å². The van der Waals surface area contributed by atoms with Crippen molar-refractivity contribution in [2.75, 3.05) is 39.5 Å². The van der Waals surface area contributed by atoms with Crippen molar-refractivity contribution in [1.29, 1.82) is 0 Å². The molecule has 0 spiro atoms. The second-order valence-electron chi connectivity index (χ2n) is 7.80. The quantitative estimate of drug-likeness (QED) is 0.557. The molecule has 1 saturated heterocycles. The number of benzene rings is 1. The summed E-state index contributed by atoms with van der Waals surface area (Å²) in [5, 5.41) is 4.46. The normalized spacial score (nSPS) is 16.8. The maximum atomic E-state index is 12.6. The molecule has 1 aromatic heterocycles. The second-order valence-corrected chi connectivity index (χ2v) is 10.9. The smallest absolute Gasteiger partial charge is 0.309 e. The van der Waals surface area contributed by atoms with E-state index in [4.69, 9.17) is 14.2 Å². The van der Waals surface area contributed by atoms with E-state index in [0.717, 1.165) is 11.3 Å². The first kappa shape index (κ1) is 23.5. The van der Waals surface area contributed by atoms with E-state index in [9.17, 15) is 18.0 Å². The molecule has 2 aliphatic heterocycles. The van der Waals surface area contributed by atoms with Crippen LogP contribution in [0.1, 0.15) is 18.4 Å². The maximum absolute atomic E-state index is 12.6. The van der Waals surface area contributed by atoms with Gasteiger partial charge in [-0.3, -0.25) is 9.59 Å². The van der Waals surface area contributed by atoms with Crippen LogP contribution in [0, 0.1) is 5.92 Å². The van der Waals surface area contributed by atoms with Crippen LogP contribution >= 0.6 is 11.3 Å². The van der Waals surface area contributed by atoms with Crippen LogP contribution < -0.4 is 14.8 Å². The minimum Gasteiger partial charge on any atom is -0.486 e. The van der Waals surface area contributed by atoms with Crippen molar-refractivity contribution >= 4 is 33.2 Å². The molecule has 0 saturated carbocycles. The number of ether oxygens (including phenoxy) is 3. The van der Waals surface area contributed by atoms with Crippen LogP contribution in [0.25, 0.3) is 0 Å². The Morgan fingerprint density at radius 3 is 2.61 bits per heavy atom. The zero-order chi connectivity index (χ0) is 23.3. The van der Waals surface area contributed by atoms with Gasteiger partial charge in [0.2, 0.25) is 0 Å². The number of esters is 1. The van der Waals surface area contributed by atoms with Gasteiger partial charge in [-0.2, -0.15) is 4.31 Å². The zero-order valence-corrected chi connectivity index (χ0v) is 19.7. The number of thiophene rings is 1. The minimum atomic E-state index is -3.51. The fourth-order valence-corrected chi connectivity index (χ4v) is 6.38. The van der Waals surface area contributed by atoms with Gasteiger partial charge in [-0.1, -0.05) is 12.1 Å². The lowest BCUT2D eigenvalue weighted by atomic mass is 9.98. The standard InChI is InChI=1S/C22H26N2O7S2/c25-20(23-8-5-16-3-4-18-19(14-16)30-12-11-29-18)15-31-22(26)17-6-9-24(10-7-17)33(27,28)21-2-1-13-32-21/h1-4,13-14,17H,5-12,15H2,(H,23,25). The van der Waals surface area contributed by atoms with Crippen molar-refractivity contribution in [3.05, 3.63) is 41.3 Å². The molecular formula is C22H26N2O7S2. The number of carbonyl (C=O) groups excluding carboxylic acids is 2. The maximum Gasteiger partial charge on any atom is 0.309 e. The summed E-state index contributed by atoms with van der Waals surface area (Å²) in [6.45, 7) is 1.60. The lowest BCUT2D eigenvalue weighted by Crippen LogP contribution is -2.41. The number of amides is 1. The van der Waals surface area contributed by atoms with Crippen molar-refractivity contribution in [1.82, 2.24) is 9.62 Å². The van der Waals surface area contributed by atoms with E-state index in [-0.39, 0.29) is 25.6 Å². The van der Waals surface area contributed by atoms with E-state index >= 15 is 0 Å². The van der Waals surface area contributed by atoms with Gasteiger partial charge in [-0.05, 0) is 48.4 Å². The topological polar surface area (TPSA) is 111 Å². The summed E-state index contributed by atoms with van der Waals surface area (Å²) in [7, 11) is -3.51. The lowest BCUT2D eigenvalue weighted by molar-refractivity contribution is -0.153. The molecular weight excluding hydrogens is 468 g/mol. The van der Waals surface area contributed by atoms with Gasteiger partial charge in [0.05, 0.1) is 5.92 Å². The average Bonchev–Trinajstić information content (AvgIpc) is 3.39. The molecule has 178 valence electrons. The Kier molecular flexibility index (Phi) is 7.51. The van der Waals surface area contributed by atoms with Crippen molar-refractivity contribution in [2.24, 2.45) is 5.92 Å². The number of piperidine rings is 1. The number of sulfonamides is 1. The Bertz CT molecular complexity index is 1080. The number of hydrogen-bond donors (Lipinski definition) is 1. The first-order chi connectivity index (χ1) is 15.9. The number of carbonyl (C=O) groups is 2. The molecule has 1 fully saturated rings. The molecule has 1 amide bonds. The van der Waals surface area contributed by atoms with E-state index in [0.29, 0.717) is 49.0 Å². The molecule has 4 rings (SSSR count). The molecule has 0 atom stereocenters. The monoisotopic (exact) mass is 494 g/mol. The highest BCUT2D eigenvalue weighted by Crippen LogP contribution is 2.31. The third-order valence-electron chi connectivity index (χ3n) is 5.56. The third kappa shape index (κ3) is 5.84. The van der Waals surface area contributed by atoms with Gasteiger partial charge in [0, 0.05) is 19.6 Å². The molecule has 2 aromatic rings. The van der Waals surface area contributed by atoms with Gasteiger partial charge < -0.3 is 19.5 Å². The van der Waals surface area contributed by atoms with Gasteiger partial charge in [0.1, 0.15) is 17.4 Å². The molecule has 11 heteroatoms. The molecule has 3 heterocycles. The molecule has 2 aliphatic rings. The van der Waals surface area contributed by atoms with E-state index < -0.39 is 21.9 Å². The van der Waals surface area contributed by atoms with Crippen LogP contribution in [-0.4, -0.2) is 64.1 Å². The van der Waals surface area contributed by atoms with Crippen LogP contribution in [0.3, 0.4) is 0 Å². The van der Waals surface area contributed by atoms with Gasteiger partial charge >= 0.3 is 5.97 Å². The molecule has 33 heavy (non-hydrogen) atoms. The predicted molar refractivity (Wildman–Crippen MR) is 121 cm³/mol. The third-order valence-corrected chi connectivity index (χ3v) is 8.84. The predicted octanol–water partition coefficient (Wildman–Crippen LogP) is 1.82. The summed E-state index contributed by atoms with van der Waals surface area (Å²) < 4.78 is 43.0. The average molecular weight is 495 g/mol. The van der Waals surface area contributed by atoms with Crippen LogP contribution in [0.5, 0.6) is 11.5 Å². The summed E-state index contributed by atoms with van der Waals surface area (Å²) in [6.07, 6.45) is 1.35. The Morgan fingerprint density at radius 1 is 1.12 bits per heavy atom. The largest absolute Gasteiger partial charge is 0.486 e. The fraction of sp³-hybridized carbons (Fsp3) is 0.455. The molecule has 1 N–H and O–H groups in total. The summed E-state index contributed by atoms with van der Waals surface area (Å²) >= 11 is 1.18. The van der Waals surface area contributed by atoms with Crippen molar-refractivity contribution in [2.45, 2.75) is 23.5 Å². The van der Waals surface area contributed by atoms with Gasteiger partial charge in [-0.25, -0.2) is 8.42 Å². The number of fused-ring (bicyclic) bond motifs is 1. The summed E-state index contributed by atoms with van der Waals surface area (Å²) in [5.74, 6) is 0.165. The molecule has 0 radical (unpaired) electrons. The SMILES string of the molecule is O=C(COC(=O)C1CCN(S(=O)(=O)c2cccs2)CC1)NCCc1ccc2c(c1)OCCO2. The fourth-order valence-electron chi connectivity index (χ4n) is 3.76. The molecule has 0 bridgehead atoms. The summed E-state index contributed by atoms with van der Waals surface area (Å²) in [6, 6.07) is 8.94. The zero-order valence-electron chi connectivity index (χ0n) is 18.0. The Labute approximate surface area is 196 Å². The van der Waals surface area contributed by atoms with Crippen LogP contribution in [0.4, 0.5) is 0 Å². The van der Waals surface area contributed by atoms with E-state index in [1.54, 1.807) is 17.5 Å². The number of nitrogens with zero attached hydrogens (tertiary/aromatic N) is 1. The summed E-state index contributed by atoms with van der Waals surface area (Å²) in [5.41, 5.74) is 1.00. The van der Waals surface area contributed by atoms with Crippen LogP contribution in [0.15, 0.2) is 39.9 Å². The Hall–Kier alpha value is -2.63. The molecule has 0 unspecified atom stereocenters. The van der Waals surface area contributed by atoms with Crippen molar-refractivity contribution in [3.8, 4) is 11.5 Å². The highest BCUT2D eigenvalue weighted by atomic mass is 32.2. The number of nitrogens with one attached hydrogen (secondary N) is 1. The highest BCUT2D eigenvalue weighted by Gasteiger charge is 2.33. The van der Waals surface area contributed by atoms with Gasteiger partial charge in [-0.15, -0.1) is 11.3 Å². The first-order valence-corrected chi connectivity index (χ1v) is 13.1. The van der Waals surface area contributed by atoms with Gasteiger partial charge in [0.25, 0.3) is 15.9 Å². The number of hydrogen-bond acceptors (Lipinski definition) is 8. The van der Waals surface area contributed by atoms with Crippen LogP contribution in [0.2, 0.25) is 0 Å². The molecule has 0 aliphatic carbocycles.